The Morgan fingerprint density at radius 3 is 1.74 bits per heavy atom. The lowest BCUT2D eigenvalue weighted by Gasteiger charge is -2.18. The van der Waals surface area contributed by atoms with Crippen LogP contribution in [0.2, 0.25) is 0 Å². The standard InChI is InChI=1S/C36H54N2O4/c1-2-3-4-5-6-7-8-9-10-11-12-13-14-15-16-17-18-19-20-21-22-26-29-34(39)38-33(36(42)37-31-35(40)41)30-32-27-24-23-25-28-32/h23-25,27-28,33H,2-12,17-22,26,29-31H2,1H3,(H,37,42)(H,38,39)(H,40,41)/t33-/m0/s1. The van der Waals surface area contributed by atoms with Crippen LogP contribution in [0.3, 0.4) is 0 Å². The first-order valence-electron chi connectivity index (χ1n) is 16.3. The number of aliphatic carboxylic acids is 1. The van der Waals surface area contributed by atoms with Crippen LogP contribution >= 0.6 is 0 Å². The van der Waals surface area contributed by atoms with Crippen molar-refractivity contribution in [3.63, 3.8) is 0 Å². The molecule has 42 heavy (non-hydrogen) atoms. The SMILES string of the molecule is CCCCCCCCCCCCC#CC#CCCCCCCCCC(=O)N[C@@H](Cc1ccccc1)C(=O)NCC(=O)O. The first-order valence-corrected chi connectivity index (χ1v) is 16.3. The Morgan fingerprint density at radius 2 is 1.21 bits per heavy atom. The lowest BCUT2D eigenvalue weighted by molar-refractivity contribution is -0.138. The zero-order valence-corrected chi connectivity index (χ0v) is 26.0. The molecule has 232 valence electrons. The van der Waals surface area contributed by atoms with Gasteiger partial charge in [-0.1, -0.05) is 133 Å². The number of nitrogens with one attached hydrogen (secondary N) is 2. The van der Waals surface area contributed by atoms with E-state index < -0.39 is 24.5 Å². The summed E-state index contributed by atoms with van der Waals surface area (Å²) >= 11 is 0. The summed E-state index contributed by atoms with van der Waals surface area (Å²) in [7, 11) is 0. The van der Waals surface area contributed by atoms with Crippen molar-refractivity contribution in [2.45, 2.75) is 141 Å². The molecular weight excluding hydrogens is 524 g/mol. The van der Waals surface area contributed by atoms with Gasteiger partial charge in [-0.25, -0.2) is 0 Å². The molecule has 0 heterocycles. The number of carbonyl (C=O) groups is 3. The van der Waals surface area contributed by atoms with Gasteiger partial charge in [0.2, 0.25) is 11.8 Å². The second-order valence-corrected chi connectivity index (χ2v) is 11.1. The van der Waals surface area contributed by atoms with Crippen LogP contribution in [0.4, 0.5) is 0 Å². The highest BCUT2D eigenvalue weighted by Gasteiger charge is 2.21. The molecule has 0 aliphatic heterocycles. The van der Waals surface area contributed by atoms with Crippen LogP contribution in [-0.4, -0.2) is 35.5 Å². The molecule has 0 fully saturated rings. The topological polar surface area (TPSA) is 95.5 Å². The minimum absolute atomic E-state index is 0.189. The first kappa shape index (κ1) is 36.8. The molecular formula is C36H54N2O4. The second kappa shape index (κ2) is 26.6. The number of hydrogen-bond acceptors (Lipinski definition) is 3. The molecule has 0 radical (unpaired) electrons. The number of carbonyl (C=O) groups excluding carboxylic acids is 2. The average Bonchev–Trinajstić information content (AvgIpc) is 2.98. The van der Waals surface area contributed by atoms with Gasteiger partial charge in [-0.2, -0.15) is 0 Å². The summed E-state index contributed by atoms with van der Waals surface area (Å²) in [5, 5.41) is 14.0. The van der Waals surface area contributed by atoms with E-state index in [-0.39, 0.29) is 5.91 Å². The molecule has 6 heteroatoms. The number of carboxylic acid groups (broad SMARTS) is 1. The lowest BCUT2D eigenvalue weighted by Crippen LogP contribution is -2.49. The fourth-order valence-electron chi connectivity index (χ4n) is 4.73. The van der Waals surface area contributed by atoms with Crippen LogP contribution in [-0.2, 0) is 20.8 Å². The van der Waals surface area contributed by atoms with Crippen LogP contribution in [0, 0.1) is 23.7 Å². The third-order valence-corrected chi connectivity index (χ3v) is 7.20. The Kier molecular flexibility index (Phi) is 23.3. The van der Waals surface area contributed by atoms with E-state index in [2.05, 4.69) is 41.2 Å². The molecule has 1 rings (SSSR count). The Morgan fingerprint density at radius 1 is 0.714 bits per heavy atom. The summed E-state index contributed by atoms with van der Waals surface area (Å²) in [5.74, 6) is 10.5. The van der Waals surface area contributed by atoms with Gasteiger partial charge in [0, 0.05) is 25.7 Å². The Labute approximate surface area is 255 Å². The van der Waals surface area contributed by atoms with Gasteiger partial charge < -0.3 is 15.7 Å². The summed E-state index contributed by atoms with van der Waals surface area (Å²) in [6.07, 6.45) is 22.0. The fourth-order valence-corrected chi connectivity index (χ4v) is 4.73. The van der Waals surface area contributed by atoms with Gasteiger partial charge >= 0.3 is 5.97 Å². The minimum Gasteiger partial charge on any atom is -0.480 e. The van der Waals surface area contributed by atoms with E-state index in [0.29, 0.717) is 12.8 Å². The van der Waals surface area contributed by atoms with Crippen LogP contribution < -0.4 is 10.6 Å². The van der Waals surface area contributed by atoms with E-state index in [4.69, 9.17) is 5.11 Å². The fraction of sp³-hybridized carbons (Fsp3) is 0.639. The molecule has 0 saturated carbocycles. The predicted octanol–water partition coefficient (Wildman–Crippen LogP) is 7.35. The maximum atomic E-state index is 12.5. The third-order valence-electron chi connectivity index (χ3n) is 7.20. The van der Waals surface area contributed by atoms with Crippen LogP contribution in [0.25, 0.3) is 0 Å². The molecule has 0 aromatic heterocycles. The molecule has 0 aliphatic rings. The van der Waals surface area contributed by atoms with Crippen molar-refractivity contribution >= 4 is 17.8 Å². The molecule has 3 N–H and O–H groups in total. The molecule has 0 aliphatic carbocycles. The van der Waals surface area contributed by atoms with Gasteiger partial charge in [0.15, 0.2) is 0 Å². The van der Waals surface area contributed by atoms with Gasteiger partial charge in [0.05, 0.1) is 0 Å². The Hall–Kier alpha value is -3.25. The van der Waals surface area contributed by atoms with E-state index in [0.717, 1.165) is 56.9 Å². The molecule has 0 bridgehead atoms. The molecule has 0 saturated heterocycles. The average molecular weight is 579 g/mol. The number of amides is 2. The number of carboxylic acids is 1. The molecule has 0 unspecified atom stereocenters. The van der Waals surface area contributed by atoms with Gasteiger partial charge in [0.1, 0.15) is 12.6 Å². The quantitative estimate of drug-likeness (QED) is 0.0883. The summed E-state index contributed by atoms with van der Waals surface area (Å²) in [5.41, 5.74) is 0.898. The summed E-state index contributed by atoms with van der Waals surface area (Å²) < 4.78 is 0. The van der Waals surface area contributed by atoms with E-state index in [1.54, 1.807) is 0 Å². The van der Waals surface area contributed by atoms with Crippen LogP contribution in [0.1, 0.15) is 134 Å². The van der Waals surface area contributed by atoms with Gasteiger partial charge in [-0.15, -0.1) is 0 Å². The zero-order valence-electron chi connectivity index (χ0n) is 26.0. The molecule has 1 aromatic rings. The van der Waals surface area contributed by atoms with Gasteiger partial charge in [-0.05, 0) is 36.7 Å². The molecule has 2 amide bonds. The van der Waals surface area contributed by atoms with Crippen molar-refractivity contribution < 1.29 is 19.5 Å². The second-order valence-electron chi connectivity index (χ2n) is 11.1. The van der Waals surface area contributed by atoms with Crippen LogP contribution in [0.15, 0.2) is 30.3 Å². The van der Waals surface area contributed by atoms with E-state index in [9.17, 15) is 14.4 Å². The summed E-state index contributed by atoms with van der Waals surface area (Å²) in [6.45, 7) is 1.79. The highest BCUT2D eigenvalue weighted by Crippen LogP contribution is 2.11. The van der Waals surface area contributed by atoms with E-state index >= 15 is 0 Å². The Bertz CT molecular complexity index is 984. The molecule has 1 aromatic carbocycles. The third kappa shape index (κ3) is 22.4. The van der Waals surface area contributed by atoms with Crippen molar-refractivity contribution in [1.29, 1.82) is 0 Å². The number of unbranched alkanes of at least 4 members (excludes halogenated alkanes) is 16. The van der Waals surface area contributed by atoms with Crippen LogP contribution in [0.5, 0.6) is 0 Å². The largest absolute Gasteiger partial charge is 0.480 e. The first-order chi connectivity index (χ1) is 20.5. The van der Waals surface area contributed by atoms with Crippen molar-refractivity contribution in [1.82, 2.24) is 10.6 Å². The summed E-state index contributed by atoms with van der Waals surface area (Å²) in [4.78, 5) is 35.7. The van der Waals surface area contributed by atoms with Gasteiger partial charge in [0.25, 0.3) is 0 Å². The monoisotopic (exact) mass is 578 g/mol. The van der Waals surface area contributed by atoms with Crippen molar-refractivity contribution in [3.8, 4) is 23.7 Å². The molecule has 6 nitrogen and oxygen atoms in total. The molecule has 0 spiro atoms. The maximum Gasteiger partial charge on any atom is 0.322 e. The van der Waals surface area contributed by atoms with Crippen molar-refractivity contribution in [2.75, 3.05) is 6.54 Å². The van der Waals surface area contributed by atoms with Crippen molar-refractivity contribution in [2.24, 2.45) is 0 Å². The normalized spacial score (nSPS) is 11.0. The van der Waals surface area contributed by atoms with E-state index in [1.165, 1.54) is 64.2 Å². The molecule has 1 atom stereocenters. The highest BCUT2D eigenvalue weighted by molar-refractivity contribution is 5.89. The maximum absolute atomic E-state index is 12.5. The number of hydrogen-bond donors (Lipinski definition) is 3. The Balaban J connectivity index is 2.06. The van der Waals surface area contributed by atoms with E-state index in [1.807, 2.05) is 30.3 Å². The smallest absolute Gasteiger partial charge is 0.322 e. The number of rotatable bonds is 24. The summed E-state index contributed by atoms with van der Waals surface area (Å²) in [6, 6.07) is 8.56. The number of benzene rings is 1. The minimum atomic E-state index is -1.12. The van der Waals surface area contributed by atoms with Crippen molar-refractivity contribution in [3.05, 3.63) is 35.9 Å². The zero-order chi connectivity index (χ0) is 30.5. The predicted molar refractivity (Wildman–Crippen MR) is 172 cm³/mol. The van der Waals surface area contributed by atoms with Gasteiger partial charge in [-0.3, -0.25) is 14.4 Å². The lowest BCUT2D eigenvalue weighted by atomic mass is 10.0. The highest BCUT2D eigenvalue weighted by atomic mass is 16.4.